The van der Waals surface area contributed by atoms with E-state index in [1.807, 2.05) is 30.3 Å². The predicted molar refractivity (Wildman–Crippen MR) is 105 cm³/mol. The molecule has 0 aromatic heterocycles. The number of carbonyl (C=O) groups is 1. The van der Waals surface area contributed by atoms with Crippen LogP contribution in [0.3, 0.4) is 0 Å². The molecule has 0 bridgehead atoms. The van der Waals surface area contributed by atoms with Gasteiger partial charge in [-0.2, -0.15) is 0 Å². The summed E-state index contributed by atoms with van der Waals surface area (Å²) in [6.45, 7) is 9.66. The average molecular weight is 363 g/mol. The molecule has 1 aromatic rings. The Labute approximate surface area is 157 Å². The quantitative estimate of drug-likeness (QED) is 0.776. The second kappa shape index (κ2) is 9.35. The molecule has 1 aliphatic heterocycles. The first-order valence-corrected chi connectivity index (χ1v) is 9.45. The van der Waals surface area contributed by atoms with Crippen molar-refractivity contribution in [3.8, 4) is 0 Å². The van der Waals surface area contributed by atoms with E-state index in [4.69, 9.17) is 0 Å². The summed E-state index contributed by atoms with van der Waals surface area (Å²) >= 11 is 0. The molecule has 0 saturated carbocycles. The fourth-order valence-electron chi connectivity index (χ4n) is 3.21. The highest BCUT2D eigenvalue weighted by Crippen LogP contribution is 2.17. The number of hydrogen-bond donors (Lipinski definition) is 2. The molecule has 2 rings (SSSR count). The van der Waals surface area contributed by atoms with Gasteiger partial charge < -0.3 is 20.2 Å². The molecule has 2 amide bonds. The maximum Gasteiger partial charge on any atom is 0.317 e. The smallest absolute Gasteiger partial charge is 0.317 e. The first-order chi connectivity index (χ1) is 12.3. The second-order valence-electron chi connectivity index (χ2n) is 7.90. The molecule has 1 atom stereocenters. The minimum Gasteiger partial charge on any atom is -0.388 e. The van der Waals surface area contributed by atoms with E-state index in [2.05, 4.69) is 36.0 Å². The van der Waals surface area contributed by atoms with Crippen LogP contribution in [0.4, 0.5) is 4.79 Å². The largest absolute Gasteiger partial charge is 0.388 e. The predicted octanol–water partition coefficient (Wildman–Crippen LogP) is 1.78. The first kappa shape index (κ1) is 20.7. The van der Waals surface area contributed by atoms with E-state index >= 15 is 0 Å². The molecule has 146 valence electrons. The summed E-state index contributed by atoms with van der Waals surface area (Å²) < 4.78 is 0. The number of urea groups is 1. The summed E-state index contributed by atoms with van der Waals surface area (Å²) in [7, 11) is 3.92. The van der Waals surface area contributed by atoms with Gasteiger partial charge in [0, 0.05) is 51.9 Å². The van der Waals surface area contributed by atoms with Gasteiger partial charge >= 0.3 is 6.03 Å². The summed E-state index contributed by atoms with van der Waals surface area (Å²) in [5.74, 6) is 0. The van der Waals surface area contributed by atoms with Gasteiger partial charge in [-0.15, -0.1) is 0 Å². The number of nitrogens with zero attached hydrogens (tertiary/aromatic N) is 3. The molecule has 0 radical (unpaired) electrons. The van der Waals surface area contributed by atoms with Crippen molar-refractivity contribution in [2.75, 3.05) is 53.4 Å². The number of likely N-dealkylation sites (N-methyl/N-ethyl adjacent to an activating group) is 1. The summed E-state index contributed by atoms with van der Waals surface area (Å²) in [5.41, 5.74) is 0.818. The third-order valence-corrected chi connectivity index (χ3v) is 5.30. The van der Waals surface area contributed by atoms with Crippen molar-refractivity contribution in [1.82, 2.24) is 20.0 Å². The third-order valence-electron chi connectivity index (χ3n) is 5.30. The molecule has 6 nitrogen and oxygen atoms in total. The van der Waals surface area contributed by atoms with Crippen LogP contribution in [0.25, 0.3) is 0 Å². The molecule has 1 aromatic carbocycles. The number of nitrogens with one attached hydrogen (secondary N) is 1. The van der Waals surface area contributed by atoms with Crippen LogP contribution in [-0.4, -0.2) is 84.7 Å². The van der Waals surface area contributed by atoms with Gasteiger partial charge in [0.15, 0.2) is 0 Å². The van der Waals surface area contributed by atoms with Gasteiger partial charge in [-0.3, -0.25) is 4.90 Å². The number of benzene rings is 1. The van der Waals surface area contributed by atoms with Crippen LogP contribution in [0.5, 0.6) is 0 Å². The molecule has 1 heterocycles. The third kappa shape index (κ3) is 5.97. The monoisotopic (exact) mass is 362 g/mol. The van der Waals surface area contributed by atoms with Crippen molar-refractivity contribution in [2.24, 2.45) is 0 Å². The van der Waals surface area contributed by atoms with Gasteiger partial charge in [0.25, 0.3) is 0 Å². The van der Waals surface area contributed by atoms with Gasteiger partial charge in [0.1, 0.15) is 0 Å². The SMILES string of the molecule is CN1CCN(C(C)(C)CNC(=O)N(C)CC[C@H](O)c2ccccc2)CC1. The minimum absolute atomic E-state index is 0.0681. The molecular formula is C20H34N4O2. The zero-order chi connectivity index (χ0) is 19.2. The highest BCUT2D eigenvalue weighted by molar-refractivity contribution is 5.73. The minimum atomic E-state index is -0.548. The standard InChI is InChI=1S/C20H34N4O2/c1-20(2,24-14-12-22(3)13-15-24)16-21-19(26)23(4)11-10-18(25)17-8-6-5-7-9-17/h5-9,18,25H,10-16H2,1-4H3,(H,21,26)/t18-/m0/s1. The second-order valence-corrected chi connectivity index (χ2v) is 7.90. The van der Waals surface area contributed by atoms with Gasteiger partial charge in [-0.05, 0) is 32.9 Å². The van der Waals surface area contributed by atoms with E-state index in [0.29, 0.717) is 19.5 Å². The lowest BCUT2D eigenvalue weighted by Gasteiger charge is -2.43. The number of piperazine rings is 1. The molecule has 1 fully saturated rings. The maximum absolute atomic E-state index is 12.4. The lowest BCUT2D eigenvalue weighted by atomic mass is 10.0. The molecular weight excluding hydrogens is 328 g/mol. The van der Waals surface area contributed by atoms with Crippen molar-refractivity contribution in [3.05, 3.63) is 35.9 Å². The Morgan fingerprint density at radius 2 is 1.85 bits per heavy atom. The van der Waals surface area contributed by atoms with Gasteiger partial charge in [-0.25, -0.2) is 4.79 Å². The molecule has 2 N–H and O–H groups in total. The summed E-state index contributed by atoms with van der Waals surface area (Å²) in [6, 6.07) is 9.47. The Kier molecular flexibility index (Phi) is 7.43. The van der Waals surface area contributed by atoms with Crippen molar-refractivity contribution >= 4 is 6.03 Å². The Balaban J connectivity index is 1.74. The van der Waals surface area contributed by atoms with Crippen LogP contribution in [0.1, 0.15) is 31.9 Å². The van der Waals surface area contributed by atoms with E-state index in [1.54, 1.807) is 11.9 Å². The van der Waals surface area contributed by atoms with Crippen LogP contribution in [0.15, 0.2) is 30.3 Å². The lowest BCUT2D eigenvalue weighted by Crippen LogP contribution is -2.58. The van der Waals surface area contributed by atoms with Crippen LogP contribution >= 0.6 is 0 Å². The molecule has 1 aliphatic rings. The number of aliphatic hydroxyl groups excluding tert-OH is 1. The van der Waals surface area contributed by atoms with E-state index < -0.39 is 6.10 Å². The zero-order valence-electron chi connectivity index (χ0n) is 16.6. The highest BCUT2D eigenvalue weighted by atomic mass is 16.3. The summed E-state index contributed by atoms with van der Waals surface area (Å²) in [4.78, 5) is 18.8. The number of carbonyl (C=O) groups excluding carboxylic acids is 1. The summed E-state index contributed by atoms with van der Waals surface area (Å²) in [5, 5.41) is 13.3. The molecule has 26 heavy (non-hydrogen) atoms. The first-order valence-electron chi connectivity index (χ1n) is 9.45. The number of aliphatic hydroxyl groups is 1. The van der Waals surface area contributed by atoms with Crippen molar-refractivity contribution in [3.63, 3.8) is 0 Å². The number of hydrogen-bond acceptors (Lipinski definition) is 4. The van der Waals surface area contributed by atoms with Crippen molar-refractivity contribution in [1.29, 1.82) is 0 Å². The van der Waals surface area contributed by atoms with Crippen LogP contribution in [-0.2, 0) is 0 Å². The fourth-order valence-corrected chi connectivity index (χ4v) is 3.21. The molecule has 0 spiro atoms. The van der Waals surface area contributed by atoms with Gasteiger partial charge in [0.05, 0.1) is 6.10 Å². The normalized spacial score (nSPS) is 17.7. The van der Waals surface area contributed by atoms with Crippen LogP contribution in [0.2, 0.25) is 0 Å². The van der Waals surface area contributed by atoms with E-state index in [-0.39, 0.29) is 11.6 Å². The molecule has 6 heteroatoms. The number of amides is 2. The van der Waals surface area contributed by atoms with Crippen LogP contribution < -0.4 is 5.32 Å². The maximum atomic E-state index is 12.4. The Morgan fingerprint density at radius 3 is 2.46 bits per heavy atom. The van der Waals surface area contributed by atoms with Gasteiger partial charge in [-0.1, -0.05) is 30.3 Å². The lowest BCUT2D eigenvalue weighted by molar-refractivity contribution is 0.0623. The summed E-state index contributed by atoms with van der Waals surface area (Å²) in [6.07, 6.45) is -0.0243. The van der Waals surface area contributed by atoms with Crippen LogP contribution in [0, 0.1) is 0 Å². The Hall–Kier alpha value is -1.63. The highest BCUT2D eigenvalue weighted by Gasteiger charge is 2.29. The number of rotatable bonds is 7. The van der Waals surface area contributed by atoms with Gasteiger partial charge in [0.2, 0.25) is 0 Å². The topological polar surface area (TPSA) is 59.0 Å². The van der Waals surface area contributed by atoms with Crippen molar-refractivity contribution < 1.29 is 9.90 Å². The van der Waals surface area contributed by atoms with E-state index in [0.717, 1.165) is 31.7 Å². The molecule has 0 aliphatic carbocycles. The van der Waals surface area contributed by atoms with E-state index in [1.165, 1.54) is 0 Å². The fraction of sp³-hybridized carbons (Fsp3) is 0.650. The van der Waals surface area contributed by atoms with Crippen molar-refractivity contribution in [2.45, 2.75) is 31.9 Å². The molecule has 0 unspecified atom stereocenters. The zero-order valence-corrected chi connectivity index (χ0v) is 16.6. The molecule has 1 saturated heterocycles. The Bertz CT molecular complexity index is 556. The Morgan fingerprint density at radius 1 is 1.23 bits per heavy atom. The average Bonchev–Trinajstić information content (AvgIpc) is 2.65. The van der Waals surface area contributed by atoms with E-state index in [9.17, 15) is 9.90 Å².